The number of benzene rings is 1. The molecule has 0 unspecified atom stereocenters. The predicted octanol–water partition coefficient (Wildman–Crippen LogP) is 3.83. The van der Waals surface area contributed by atoms with Crippen LogP contribution >= 0.6 is 31.9 Å². The van der Waals surface area contributed by atoms with Gasteiger partial charge in [0.2, 0.25) is 0 Å². The van der Waals surface area contributed by atoms with Crippen LogP contribution in [0.1, 0.15) is 12.6 Å². The molecule has 3 aromatic rings. The second kappa shape index (κ2) is 5.09. The van der Waals surface area contributed by atoms with Crippen LogP contribution in [0.15, 0.2) is 39.5 Å². The minimum atomic E-state index is 0.652. The van der Waals surface area contributed by atoms with Crippen LogP contribution in [-0.4, -0.2) is 19.6 Å². The van der Waals surface area contributed by atoms with Crippen LogP contribution in [0.25, 0.3) is 10.9 Å². The molecular formula is C13H12Br2N4. The van der Waals surface area contributed by atoms with Gasteiger partial charge in [0.25, 0.3) is 0 Å². The molecule has 0 aliphatic rings. The van der Waals surface area contributed by atoms with Crippen molar-refractivity contribution >= 4 is 42.8 Å². The normalized spacial score (nSPS) is 11.3. The molecule has 19 heavy (non-hydrogen) atoms. The molecule has 1 aromatic carbocycles. The number of hydrogen-bond acceptors (Lipinski definition) is 2. The second-order valence-corrected chi connectivity index (χ2v) is 5.85. The summed E-state index contributed by atoms with van der Waals surface area (Å²) >= 11 is 6.88. The summed E-state index contributed by atoms with van der Waals surface area (Å²) in [4.78, 5) is 0. The maximum absolute atomic E-state index is 4.67. The zero-order valence-corrected chi connectivity index (χ0v) is 13.5. The molecule has 6 heteroatoms. The van der Waals surface area contributed by atoms with Crippen molar-refractivity contribution < 1.29 is 0 Å². The third-order valence-electron chi connectivity index (χ3n) is 3.03. The summed E-state index contributed by atoms with van der Waals surface area (Å²) in [5.74, 6) is 0. The van der Waals surface area contributed by atoms with Gasteiger partial charge in [0.05, 0.1) is 17.8 Å². The van der Waals surface area contributed by atoms with Crippen LogP contribution in [0.4, 0.5) is 0 Å². The fourth-order valence-corrected chi connectivity index (χ4v) is 3.31. The Bertz CT molecular complexity index is 729. The fraction of sp³-hybridized carbons (Fsp3) is 0.231. The molecule has 4 nitrogen and oxygen atoms in total. The summed E-state index contributed by atoms with van der Waals surface area (Å²) in [5, 5.41) is 10.2. The second-order valence-electron chi connectivity index (χ2n) is 4.23. The number of para-hydroxylation sites is 1. The van der Waals surface area contributed by atoms with E-state index in [2.05, 4.69) is 61.1 Å². The first kappa shape index (κ1) is 12.9. The summed E-state index contributed by atoms with van der Waals surface area (Å²) in [5.41, 5.74) is 2.20. The van der Waals surface area contributed by atoms with Gasteiger partial charge in [-0.25, -0.2) is 0 Å². The Labute approximate surface area is 127 Å². The molecule has 0 saturated carbocycles. The minimum Gasteiger partial charge on any atom is -0.265 e. The van der Waals surface area contributed by atoms with E-state index < -0.39 is 0 Å². The molecule has 0 aliphatic heterocycles. The third kappa shape index (κ3) is 2.34. The van der Waals surface area contributed by atoms with Crippen LogP contribution in [-0.2, 0) is 13.1 Å². The van der Waals surface area contributed by atoms with Gasteiger partial charge >= 0.3 is 0 Å². The summed E-state index contributed by atoms with van der Waals surface area (Å²) < 4.78 is 5.67. The monoisotopic (exact) mass is 382 g/mol. The molecule has 0 saturated heterocycles. The summed E-state index contributed by atoms with van der Waals surface area (Å²) in [6, 6.07) is 10.2. The molecule has 3 rings (SSSR count). The largest absolute Gasteiger partial charge is 0.265 e. The van der Waals surface area contributed by atoms with Gasteiger partial charge in [0, 0.05) is 18.0 Å². The highest BCUT2D eigenvalue weighted by atomic mass is 79.9. The standard InChI is InChI=1S/C13H12Br2N4/c1-2-18-11-6-4-3-5-9(11)10(16-18)8-19-13(15)7-12(14)17-19/h3-7H,2,8H2,1H3. The van der Waals surface area contributed by atoms with Crippen LogP contribution in [0.3, 0.4) is 0 Å². The maximum Gasteiger partial charge on any atom is 0.129 e. The van der Waals surface area contributed by atoms with Gasteiger partial charge in [-0.2, -0.15) is 10.2 Å². The van der Waals surface area contributed by atoms with Crippen LogP contribution < -0.4 is 0 Å². The van der Waals surface area contributed by atoms with E-state index >= 15 is 0 Å². The highest BCUT2D eigenvalue weighted by molar-refractivity contribution is 9.11. The Hall–Kier alpha value is -1.14. The predicted molar refractivity (Wildman–Crippen MR) is 82.1 cm³/mol. The number of rotatable bonds is 3. The van der Waals surface area contributed by atoms with E-state index in [1.807, 2.05) is 27.6 Å². The van der Waals surface area contributed by atoms with Crippen LogP contribution in [0.2, 0.25) is 0 Å². The average molecular weight is 384 g/mol. The number of halogens is 2. The van der Waals surface area contributed by atoms with E-state index in [-0.39, 0.29) is 0 Å². The molecule has 0 aliphatic carbocycles. The molecule has 0 spiro atoms. The van der Waals surface area contributed by atoms with Crippen molar-refractivity contribution in [3.63, 3.8) is 0 Å². The Balaban J connectivity index is 2.08. The zero-order valence-electron chi connectivity index (χ0n) is 10.3. The first-order valence-corrected chi connectivity index (χ1v) is 7.61. The SMILES string of the molecule is CCn1nc(Cn2nc(Br)cc2Br)c2ccccc21. The highest BCUT2D eigenvalue weighted by Gasteiger charge is 2.11. The first-order valence-electron chi connectivity index (χ1n) is 6.02. The van der Waals surface area contributed by atoms with Crippen molar-refractivity contribution in [2.75, 3.05) is 0 Å². The summed E-state index contributed by atoms with van der Waals surface area (Å²) in [6.07, 6.45) is 0. The molecular weight excluding hydrogens is 372 g/mol. The fourth-order valence-electron chi connectivity index (χ4n) is 2.17. The minimum absolute atomic E-state index is 0.652. The van der Waals surface area contributed by atoms with Crippen LogP contribution in [0.5, 0.6) is 0 Å². The average Bonchev–Trinajstić information content (AvgIpc) is 2.91. The Morgan fingerprint density at radius 3 is 2.58 bits per heavy atom. The molecule has 0 fully saturated rings. The molecule has 0 amide bonds. The van der Waals surface area contributed by atoms with Crippen molar-refractivity contribution in [2.45, 2.75) is 20.0 Å². The smallest absolute Gasteiger partial charge is 0.129 e. The first-order chi connectivity index (χ1) is 9.19. The van der Waals surface area contributed by atoms with Crippen molar-refractivity contribution in [1.29, 1.82) is 0 Å². The lowest BCUT2D eigenvalue weighted by atomic mass is 10.2. The Kier molecular flexibility index (Phi) is 3.45. The van der Waals surface area contributed by atoms with E-state index in [4.69, 9.17) is 0 Å². The molecule has 98 valence electrons. The molecule has 0 radical (unpaired) electrons. The maximum atomic E-state index is 4.67. The lowest BCUT2D eigenvalue weighted by molar-refractivity contribution is 0.618. The number of aromatic nitrogens is 4. The molecule has 2 aromatic heterocycles. The Morgan fingerprint density at radius 1 is 1.11 bits per heavy atom. The molecule has 0 bridgehead atoms. The van der Waals surface area contributed by atoms with E-state index in [1.54, 1.807) is 0 Å². The van der Waals surface area contributed by atoms with Gasteiger partial charge in [-0.3, -0.25) is 9.36 Å². The number of fused-ring (bicyclic) bond motifs is 1. The van der Waals surface area contributed by atoms with Crippen molar-refractivity contribution in [1.82, 2.24) is 19.6 Å². The summed E-state index contributed by atoms with van der Waals surface area (Å²) in [7, 11) is 0. The van der Waals surface area contributed by atoms with Gasteiger partial charge in [-0.05, 0) is 44.8 Å². The lowest BCUT2D eigenvalue weighted by Crippen LogP contribution is -2.04. The number of nitrogens with zero attached hydrogens (tertiary/aromatic N) is 4. The zero-order chi connectivity index (χ0) is 13.4. The van der Waals surface area contributed by atoms with Crippen molar-refractivity contribution in [3.05, 3.63) is 45.2 Å². The van der Waals surface area contributed by atoms with Crippen molar-refractivity contribution in [2.24, 2.45) is 0 Å². The van der Waals surface area contributed by atoms with E-state index in [1.165, 1.54) is 10.9 Å². The van der Waals surface area contributed by atoms with E-state index in [9.17, 15) is 0 Å². The molecule has 2 heterocycles. The topological polar surface area (TPSA) is 35.6 Å². The van der Waals surface area contributed by atoms with Crippen molar-refractivity contribution in [3.8, 4) is 0 Å². The van der Waals surface area contributed by atoms with Gasteiger partial charge in [-0.15, -0.1) is 0 Å². The molecule has 0 N–H and O–H groups in total. The number of hydrogen-bond donors (Lipinski definition) is 0. The Morgan fingerprint density at radius 2 is 1.89 bits per heavy atom. The van der Waals surface area contributed by atoms with E-state index in [0.29, 0.717) is 6.54 Å². The summed E-state index contributed by atoms with van der Waals surface area (Å²) in [6.45, 7) is 3.62. The third-order valence-corrected chi connectivity index (χ3v) is 4.06. The van der Waals surface area contributed by atoms with E-state index in [0.717, 1.165) is 21.4 Å². The highest BCUT2D eigenvalue weighted by Crippen LogP contribution is 2.22. The molecule has 0 atom stereocenters. The van der Waals surface area contributed by atoms with Gasteiger partial charge in [0.1, 0.15) is 9.21 Å². The van der Waals surface area contributed by atoms with Gasteiger partial charge in [0.15, 0.2) is 0 Å². The van der Waals surface area contributed by atoms with Crippen LogP contribution in [0, 0.1) is 0 Å². The van der Waals surface area contributed by atoms with Gasteiger partial charge < -0.3 is 0 Å². The quantitative estimate of drug-likeness (QED) is 0.689. The lowest BCUT2D eigenvalue weighted by Gasteiger charge is -2.00. The number of aryl methyl sites for hydroxylation is 1. The van der Waals surface area contributed by atoms with Gasteiger partial charge in [-0.1, -0.05) is 18.2 Å².